The van der Waals surface area contributed by atoms with Crippen molar-refractivity contribution in [2.45, 2.75) is 40.0 Å². The first kappa shape index (κ1) is 14.0. The van der Waals surface area contributed by atoms with Crippen molar-refractivity contribution in [2.24, 2.45) is 11.3 Å². The van der Waals surface area contributed by atoms with Gasteiger partial charge in [-0.25, -0.2) is 0 Å². The zero-order valence-electron chi connectivity index (χ0n) is 10.7. The molecule has 0 saturated heterocycles. The normalized spacial score (nSPS) is 20.6. The van der Waals surface area contributed by atoms with Crippen LogP contribution in [0.5, 0.6) is 0 Å². The number of carbonyl (C=O) groups is 3. The molecule has 0 bridgehead atoms. The highest BCUT2D eigenvalue weighted by Gasteiger charge is 2.42. The molecule has 1 aliphatic rings. The van der Waals surface area contributed by atoms with Gasteiger partial charge in [0.2, 0.25) is 0 Å². The van der Waals surface area contributed by atoms with Crippen molar-refractivity contribution in [1.29, 1.82) is 0 Å². The van der Waals surface area contributed by atoms with Crippen LogP contribution in [0.1, 0.15) is 40.0 Å². The molecule has 0 aliphatic heterocycles. The summed E-state index contributed by atoms with van der Waals surface area (Å²) < 4.78 is 5.06. The first-order chi connectivity index (χ1) is 7.87. The molecular formula is C13H20O4. The lowest BCUT2D eigenvalue weighted by Crippen LogP contribution is -2.42. The molecule has 4 heteroatoms. The molecule has 0 radical (unpaired) electrons. The predicted octanol–water partition coefficient (Wildman–Crippen LogP) is 1.56. The van der Waals surface area contributed by atoms with E-state index in [0.29, 0.717) is 19.4 Å². The second-order valence-electron chi connectivity index (χ2n) is 5.30. The average Bonchev–Trinajstić information content (AvgIpc) is 2.14. The quantitative estimate of drug-likeness (QED) is 0.540. The Kier molecular flexibility index (Phi) is 4.57. The van der Waals surface area contributed by atoms with Crippen LogP contribution >= 0.6 is 0 Å². The topological polar surface area (TPSA) is 60.4 Å². The number of rotatable bonds is 5. The predicted molar refractivity (Wildman–Crippen MR) is 62.6 cm³/mol. The molecule has 1 aliphatic carbocycles. The van der Waals surface area contributed by atoms with Crippen LogP contribution in [0.3, 0.4) is 0 Å². The molecule has 0 aromatic carbocycles. The molecule has 0 atom stereocenters. The Bertz CT molecular complexity index is 310. The van der Waals surface area contributed by atoms with E-state index in [0.717, 1.165) is 0 Å². The molecule has 0 aromatic heterocycles. The van der Waals surface area contributed by atoms with Crippen LogP contribution in [0.2, 0.25) is 0 Å². The fourth-order valence-electron chi connectivity index (χ4n) is 2.21. The standard InChI is InChI=1S/C13H20O4/c1-4-17-6-5-9(14)12-10(15)7-13(2,3)8-11(12)16/h12H,4-8H2,1-3H3. The highest BCUT2D eigenvalue weighted by molar-refractivity contribution is 6.20. The van der Waals surface area contributed by atoms with Gasteiger partial charge in [-0.1, -0.05) is 13.8 Å². The molecule has 0 heterocycles. The van der Waals surface area contributed by atoms with Gasteiger partial charge < -0.3 is 4.74 Å². The number of hydrogen-bond acceptors (Lipinski definition) is 4. The van der Waals surface area contributed by atoms with Gasteiger partial charge in [0.25, 0.3) is 0 Å². The lowest BCUT2D eigenvalue weighted by Gasteiger charge is -2.31. The molecule has 17 heavy (non-hydrogen) atoms. The Morgan fingerprint density at radius 1 is 1.29 bits per heavy atom. The number of Topliss-reactive ketones (excluding diaryl/α,β-unsaturated/α-hetero) is 3. The summed E-state index contributed by atoms with van der Waals surface area (Å²) in [4.78, 5) is 35.4. The Morgan fingerprint density at radius 3 is 2.29 bits per heavy atom. The summed E-state index contributed by atoms with van der Waals surface area (Å²) in [7, 11) is 0. The molecule has 1 saturated carbocycles. The zero-order valence-corrected chi connectivity index (χ0v) is 10.7. The summed E-state index contributed by atoms with van der Waals surface area (Å²) in [5, 5.41) is 0. The van der Waals surface area contributed by atoms with Crippen LogP contribution in [-0.4, -0.2) is 30.6 Å². The Morgan fingerprint density at radius 2 is 1.82 bits per heavy atom. The average molecular weight is 240 g/mol. The third kappa shape index (κ3) is 3.73. The smallest absolute Gasteiger partial charge is 0.153 e. The summed E-state index contributed by atoms with van der Waals surface area (Å²) in [5.74, 6) is -1.77. The molecule has 0 N–H and O–H groups in total. The first-order valence-corrected chi connectivity index (χ1v) is 6.03. The van der Waals surface area contributed by atoms with Crippen molar-refractivity contribution in [3.8, 4) is 0 Å². The lowest BCUT2D eigenvalue weighted by molar-refractivity contribution is -0.145. The van der Waals surface area contributed by atoms with Crippen molar-refractivity contribution < 1.29 is 19.1 Å². The highest BCUT2D eigenvalue weighted by atomic mass is 16.5. The molecule has 0 aromatic rings. The number of carbonyl (C=O) groups excluding carboxylic acids is 3. The second kappa shape index (κ2) is 5.54. The van der Waals surface area contributed by atoms with E-state index in [1.165, 1.54) is 0 Å². The summed E-state index contributed by atoms with van der Waals surface area (Å²) in [6, 6.07) is 0. The van der Waals surface area contributed by atoms with E-state index >= 15 is 0 Å². The van der Waals surface area contributed by atoms with E-state index in [1.807, 2.05) is 20.8 Å². The summed E-state index contributed by atoms with van der Waals surface area (Å²) in [5.41, 5.74) is -0.301. The minimum Gasteiger partial charge on any atom is -0.381 e. The Hall–Kier alpha value is -1.03. The van der Waals surface area contributed by atoms with E-state index < -0.39 is 5.92 Å². The van der Waals surface area contributed by atoms with Gasteiger partial charge in [-0.2, -0.15) is 0 Å². The summed E-state index contributed by atoms with van der Waals surface area (Å²) >= 11 is 0. The molecule has 1 rings (SSSR count). The van der Waals surface area contributed by atoms with E-state index in [2.05, 4.69) is 0 Å². The maximum atomic E-state index is 11.8. The second-order valence-corrected chi connectivity index (χ2v) is 5.30. The Labute approximate surface area is 102 Å². The lowest BCUT2D eigenvalue weighted by atomic mass is 9.70. The third-order valence-corrected chi connectivity index (χ3v) is 2.97. The highest BCUT2D eigenvalue weighted by Crippen LogP contribution is 2.34. The monoisotopic (exact) mass is 240 g/mol. The third-order valence-electron chi connectivity index (χ3n) is 2.97. The number of ether oxygens (including phenoxy) is 1. The minimum absolute atomic E-state index is 0.149. The van der Waals surface area contributed by atoms with Crippen LogP contribution in [0, 0.1) is 11.3 Å². The molecular weight excluding hydrogens is 220 g/mol. The van der Waals surface area contributed by atoms with Gasteiger partial charge in [0.15, 0.2) is 17.3 Å². The van der Waals surface area contributed by atoms with Crippen molar-refractivity contribution in [3.63, 3.8) is 0 Å². The van der Waals surface area contributed by atoms with Crippen LogP contribution < -0.4 is 0 Å². The van der Waals surface area contributed by atoms with Crippen molar-refractivity contribution in [3.05, 3.63) is 0 Å². The largest absolute Gasteiger partial charge is 0.381 e. The fourth-order valence-corrected chi connectivity index (χ4v) is 2.21. The molecule has 0 spiro atoms. The van der Waals surface area contributed by atoms with Crippen LogP contribution in [-0.2, 0) is 19.1 Å². The van der Waals surface area contributed by atoms with Crippen molar-refractivity contribution >= 4 is 17.3 Å². The number of ketones is 3. The van der Waals surface area contributed by atoms with Crippen LogP contribution in [0.4, 0.5) is 0 Å². The van der Waals surface area contributed by atoms with Gasteiger partial charge in [0.05, 0.1) is 6.61 Å². The van der Waals surface area contributed by atoms with Gasteiger partial charge in [-0.3, -0.25) is 14.4 Å². The first-order valence-electron chi connectivity index (χ1n) is 6.03. The van der Waals surface area contributed by atoms with Gasteiger partial charge in [-0.05, 0) is 12.3 Å². The molecule has 0 unspecified atom stereocenters. The van der Waals surface area contributed by atoms with Gasteiger partial charge in [-0.15, -0.1) is 0 Å². The van der Waals surface area contributed by atoms with E-state index in [9.17, 15) is 14.4 Å². The summed E-state index contributed by atoms with van der Waals surface area (Å²) in [6.07, 6.45) is 0.768. The Balaban J connectivity index is 2.62. The molecule has 4 nitrogen and oxygen atoms in total. The van der Waals surface area contributed by atoms with E-state index in [1.54, 1.807) is 0 Å². The maximum Gasteiger partial charge on any atom is 0.153 e. The SMILES string of the molecule is CCOCCC(=O)C1C(=O)CC(C)(C)CC1=O. The molecule has 0 amide bonds. The minimum atomic E-state index is -1.02. The van der Waals surface area contributed by atoms with Gasteiger partial charge in [0, 0.05) is 25.9 Å². The maximum absolute atomic E-state index is 11.8. The van der Waals surface area contributed by atoms with Gasteiger partial charge >= 0.3 is 0 Å². The molecule has 96 valence electrons. The zero-order chi connectivity index (χ0) is 13.1. The van der Waals surface area contributed by atoms with E-state index in [4.69, 9.17) is 4.74 Å². The van der Waals surface area contributed by atoms with Crippen molar-refractivity contribution in [1.82, 2.24) is 0 Å². The molecule has 1 fully saturated rings. The van der Waals surface area contributed by atoms with E-state index in [-0.39, 0.29) is 35.8 Å². The van der Waals surface area contributed by atoms with Crippen LogP contribution in [0.15, 0.2) is 0 Å². The fraction of sp³-hybridized carbons (Fsp3) is 0.769. The number of hydrogen-bond donors (Lipinski definition) is 0. The van der Waals surface area contributed by atoms with Crippen LogP contribution in [0.25, 0.3) is 0 Å². The van der Waals surface area contributed by atoms with Gasteiger partial charge in [0.1, 0.15) is 5.92 Å². The van der Waals surface area contributed by atoms with Crippen molar-refractivity contribution in [2.75, 3.05) is 13.2 Å². The summed E-state index contributed by atoms with van der Waals surface area (Å²) in [6.45, 7) is 6.42.